The third-order valence-corrected chi connectivity index (χ3v) is 2.25. The summed E-state index contributed by atoms with van der Waals surface area (Å²) in [6.07, 6.45) is 1.92. The second kappa shape index (κ2) is 4.42. The van der Waals surface area contributed by atoms with Gasteiger partial charge in [0.25, 0.3) is 0 Å². The summed E-state index contributed by atoms with van der Waals surface area (Å²) in [4.78, 5) is 13.6. The first-order chi connectivity index (χ1) is 8.11. The number of aryl methyl sites for hydroxylation is 1. The van der Waals surface area contributed by atoms with E-state index in [-0.39, 0.29) is 0 Å². The molecule has 0 atom stereocenters. The van der Waals surface area contributed by atoms with Crippen molar-refractivity contribution in [2.24, 2.45) is 7.05 Å². The van der Waals surface area contributed by atoms with Gasteiger partial charge in [-0.15, -0.1) is 0 Å². The molecule has 0 fully saturated rings. The van der Waals surface area contributed by atoms with Gasteiger partial charge in [0, 0.05) is 18.9 Å². The Kier molecular flexibility index (Phi) is 2.97. The molecule has 0 saturated heterocycles. The van der Waals surface area contributed by atoms with E-state index >= 15 is 0 Å². The first-order valence-electron chi connectivity index (χ1n) is 5.16. The molecule has 0 aromatic carbocycles. The molecule has 0 unspecified atom stereocenters. The maximum Gasteiger partial charge on any atom is 0.230 e. The van der Waals surface area contributed by atoms with E-state index in [0.717, 1.165) is 16.7 Å². The first kappa shape index (κ1) is 11.4. The third-order valence-electron chi connectivity index (χ3n) is 2.25. The molecule has 0 saturated carbocycles. The molecule has 2 rings (SSSR count). The molecule has 0 radical (unpaired) electrons. The molecule has 0 aliphatic rings. The maximum atomic E-state index is 4.91. The number of rotatable bonds is 4. The molecule has 0 aliphatic heterocycles. The summed E-state index contributed by atoms with van der Waals surface area (Å²) in [6, 6.07) is 1.93. The van der Waals surface area contributed by atoms with Gasteiger partial charge in [-0.2, -0.15) is 9.97 Å². The lowest BCUT2D eigenvalue weighted by Crippen LogP contribution is -2.06. The van der Waals surface area contributed by atoms with Crippen molar-refractivity contribution < 1.29 is 4.84 Å². The minimum atomic E-state index is 0.492. The van der Waals surface area contributed by atoms with Crippen LogP contribution in [0.5, 0.6) is 0 Å². The largest absolute Gasteiger partial charge is 0.335 e. The molecule has 90 valence electrons. The second-order valence-electron chi connectivity index (χ2n) is 3.77. The number of allylic oxidation sites excluding steroid dienone is 1. The van der Waals surface area contributed by atoms with E-state index < -0.39 is 0 Å². The van der Waals surface area contributed by atoms with E-state index in [4.69, 9.17) is 4.84 Å². The topological polar surface area (TPSA) is 64.0 Å². The molecule has 0 amide bonds. The number of hydrogen-bond donors (Lipinski definition) is 2. The molecule has 17 heavy (non-hydrogen) atoms. The standard InChI is InChI=1S/C11H15N5O/c1-7(2)12-11-13-9(15-17-4)8-5-6-16(3)10(8)14-11/h5-6H,1H2,2-4H3,(H2,12,13,14,15). The van der Waals surface area contributed by atoms with Crippen molar-refractivity contribution in [3.63, 3.8) is 0 Å². The van der Waals surface area contributed by atoms with Crippen LogP contribution in [0.15, 0.2) is 24.5 Å². The average molecular weight is 233 g/mol. The van der Waals surface area contributed by atoms with Crippen LogP contribution in [0, 0.1) is 0 Å². The fourth-order valence-corrected chi connectivity index (χ4v) is 1.56. The normalized spacial score (nSPS) is 10.5. The highest BCUT2D eigenvalue weighted by Gasteiger charge is 2.10. The Labute approximate surface area is 99.3 Å². The van der Waals surface area contributed by atoms with E-state index in [1.165, 1.54) is 0 Å². The van der Waals surface area contributed by atoms with Gasteiger partial charge in [0.2, 0.25) is 5.95 Å². The summed E-state index contributed by atoms with van der Waals surface area (Å²) in [5.41, 5.74) is 4.35. The molecule has 6 nitrogen and oxygen atoms in total. The van der Waals surface area contributed by atoms with Crippen molar-refractivity contribution in [1.29, 1.82) is 0 Å². The molecule has 2 aromatic rings. The van der Waals surface area contributed by atoms with Crippen molar-refractivity contribution in [2.75, 3.05) is 17.9 Å². The van der Waals surface area contributed by atoms with E-state index in [1.54, 1.807) is 7.11 Å². The zero-order chi connectivity index (χ0) is 12.4. The smallest absolute Gasteiger partial charge is 0.230 e. The predicted molar refractivity (Wildman–Crippen MR) is 67.6 cm³/mol. The maximum absolute atomic E-state index is 4.91. The molecule has 0 spiro atoms. The summed E-state index contributed by atoms with van der Waals surface area (Å²) < 4.78 is 1.92. The summed E-state index contributed by atoms with van der Waals surface area (Å²) in [5.74, 6) is 1.12. The minimum absolute atomic E-state index is 0.492. The molecule has 6 heteroatoms. The van der Waals surface area contributed by atoms with Crippen LogP contribution in [0.1, 0.15) is 6.92 Å². The first-order valence-corrected chi connectivity index (χ1v) is 5.16. The van der Waals surface area contributed by atoms with Crippen LogP contribution in [0.4, 0.5) is 11.8 Å². The van der Waals surface area contributed by atoms with Gasteiger partial charge < -0.3 is 9.88 Å². The van der Waals surface area contributed by atoms with Gasteiger partial charge in [0.1, 0.15) is 5.65 Å². The minimum Gasteiger partial charge on any atom is -0.335 e. The van der Waals surface area contributed by atoms with E-state index in [9.17, 15) is 0 Å². The lowest BCUT2D eigenvalue weighted by atomic mass is 10.4. The zero-order valence-corrected chi connectivity index (χ0v) is 10.1. The van der Waals surface area contributed by atoms with Gasteiger partial charge in [-0.1, -0.05) is 6.58 Å². The SMILES string of the molecule is C=C(C)Nc1nc(NOC)c2ccn(C)c2n1. The Balaban J connectivity index is 2.56. The Morgan fingerprint density at radius 2 is 2.24 bits per heavy atom. The van der Waals surface area contributed by atoms with E-state index in [0.29, 0.717) is 11.8 Å². The van der Waals surface area contributed by atoms with Crippen LogP contribution >= 0.6 is 0 Å². The van der Waals surface area contributed by atoms with Crippen LogP contribution in [0.2, 0.25) is 0 Å². The fourth-order valence-electron chi connectivity index (χ4n) is 1.56. The summed E-state index contributed by atoms with van der Waals surface area (Å²) >= 11 is 0. The number of hydrogen-bond acceptors (Lipinski definition) is 5. The monoisotopic (exact) mass is 233 g/mol. The quantitative estimate of drug-likeness (QED) is 0.789. The second-order valence-corrected chi connectivity index (χ2v) is 3.77. The Hall–Kier alpha value is -2.08. The highest BCUT2D eigenvalue weighted by atomic mass is 16.6. The van der Waals surface area contributed by atoms with Crippen LogP contribution in [0.25, 0.3) is 11.0 Å². The van der Waals surface area contributed by atoms with E-state index in [2.05, 4.69) is 27.3 Å². The van der Waals surface area contributed by atoms with Crippen molar-refractivity contribution in [2.45, 2.75) is 6.92 Å². The fraction of sp³-hybridized carbons (Fsp3) is 0.273. The van der Waals surface area contributed by atoms with Crippen LogP contribution < -0.4 is 10.8 Å². The molecule has 2 heterocycles. The lowest BCUT2D eigenvalue weighted by Gasteiger charge is -2.08. The zero-order valence-electron chi connectivity index (χ0n) is 10.1. The lowest BCUT2D eigenvalue weighted by molar-refractivity contribution is 0.270. The van der Waals surface area contributed by atoms with Crippen LogP contribution in [0.3, 0.4) is 0 Å². The van der Waals surface area contributed by atoms with Gasteiger partial charge in [0.15, 0.2) is 5.82 Å². The molecule has 2 N–H and O–H groups in total. The third kappa shape index (κ3) is 2.21. The number of nitrogens with zero attached hydrogens (tertiary/aromatic N) is 3. The average Bonchev–Trinajstić information content (AvgIpc) is 2.60. The van der Waals surface area contributed by atoms with Gasteiger partial charge in [-0.3, -0.25) is 4.84 Å². The van der Waals surface area contributed by atoms with Gasteiger partial charge in [-0.05, 0) is 13.0 Å². The van der Waals surface area contributed by atoms with Crippen molar-refractivity contribution >= 4 is 22.8 Å². The van der Waals surface area contributed by atoms with Gasteiger partial charge in [-0.25, -0.2) is 5.48 Å². The summed E-state index contributed by atoms with van der Waals surface area (Å²) in [6.45, 7) is 5.62. The highest BCUT2D eigenvalue weighted by Crippen LogP contribution is 2.22. The number of aromatic nitrogens is 3. The molecule has 0 bridgehead atoms. The van der Waals surface area contributed by atoms with Crippen molar-refractivity contribution in [3.05, 3.63) is 24.5 Å². The molecule has 2 aromatic heterocycles. The summed E-state index contributed by atoms with van der Waals surface area (Å²) in [7, 11) is 3.47. The number of anilines is 2. The van der Waals surface area contributed by atoms with Crippen molar-refractivity contribution in [1.82, 2.24) is 14.5 Å². The Morgan fingerprint density at radius 1 is 1.47 bits per heavy atom. The molecular weight excluding hydrogens is 218 g/mol. The number of fused-ring (bicyclic) bond motifs is 1. The Morgan fingerprint density at radius 3 is 2.88 bits per heavy atom. The van der Waals surface area contributed by atoms with E-state index in [1.807, 2.05) is 30.8 Å². The van der Waals surface area contributed by atoms with Gasteiger partial charge in [0.05, 0.1) is 12.5 Å². The van der Waals surface area contributed by atoms with Crippen LogP contribution in [-0.2, 0) is 11.9 Å². The highest BCUT2D eigenvalue weighted by molar-refractivity contribution is 5.88. The summed E-state index contributed by atoms with van der Waals surface area (Å²) in [5, 5.41) is 3.89. The molecule has 0 aliphatic carbocycles. The predicted octanol–water partition coefficient (Wildman–Crippen LogP) is 1.89. The Bertz CT molecular complexity index is 560. The van der Waals surface area contributed by atoms with Gasteiger partial charge >= 0.3 is 0 Å². The number of nitrogens with one attached hydrogen (secondary N) is 2. The van der Waals surface area contributed by atoms with Crippen molar-refractivity contribution in [3.8, 4) is 0 Å². The van der Waals surface area contributed by atoms with Crippen LogP contribution in [-0.4, -0.2) is 21.6 Å². The molecular formula is C11H15N5O.